The molecule has 1 fully saturated rings. The molecule has 0 amide bonds. The van der Waals surface area contributed by atoms with E-state index in [-0.39, 0.29) is 5.82 Å². The largest absolute Gasteiger partial charge is 0.379 e. The summed E-state index contributed by atoms with van der Waals surface area (Å²) >= 11 is 3.12. The highest BCUT2D eigenvalue weighted by atomic mass is 32.2. The van der Waals surface area contributed by atoms with Crippen molar-refractivity contribution in [3.8, 4) is 0 Å². The Morgan fingerprint density at radius 2 is 1.68 bits per heavy atom. The number of para-hydroxylation sites is 2. The Morgan fingerprint density at radius 3 is 2.44 bits per heavy atom. The second-order valence-electron chi connectivity index (χ2n) is 7.81. The quantitative estimate of drug-likeness (QED) is 0.292. The highest BCUT2D eigenvalue weighted by Gasteiger charge is 2.14. The van der Waals surface area contributed by atoms with Crippen LogP contribution in [-0.4, -0.2) is 40.6 Å². The standard InChI is InChI=1S/C25H24FN5OS2/c1-17-15-18(26)9-10-23(17)33-30-25-24(28-21-7-2-3-8-22(21)29-25)27-19-5-4-6-20(16-19)34-31-11-13-32-14-12-31/h2-10,15-16H,11-14H2,1H3,(H,27,28)(H,29,30). The Balaban J connectivity index is 1.40. The molecule has 5 rings (SSSR count). The minimum absolute atomic E-state index is 0.246. The van der Waals surface area contributed by atoms with Crippen molar-refractivity contribution in [3.63, 3.8) is 0 Å². The Kier molecular flexibility index (Phi) is 7.15. The van der Waals surface area contributed by atoms with Gasteiger partial charge in [-0.15, -0.1) is 0 Å². The van der Waals surface area contributed by atoms with Crippen molar-refractivity contribution in [2.24, 2.45) is 0 Å². The minimum Gasteiger partial charge on any atom is -0.379 e. The summed E-state index contributed by atoms with van der Waals surface area (Å²) in [7, 11) is 0. The Morgan fingerprint density at radius 1 is 0.912 bits per heavy atom. The fraction of sp³-hybridized carbons (Fsp3) is 0.200. The number of benzene rings is 3. The molecule has 1 saturated heterocycles. The number of hydrogen-bond donors (Lipinski definition) is 2. The van der Waals surface area contributed by atoms with Gasteiger partial charge in [-0.3, -0.25) is 0 Å². The van der Waals surface area contributed by atoms with Gasteiger partial charge in [-0.1, -0.05) is 18.2 Å². The third kappa shape index (κ3) is 5.61. The van der Waals surface area contributed by atoms with Crippen molar-refractivity contribution in [1.82, 2.24) is 14.3 Å². The number of fused-ring (bicyclic) bond motifs is 1. The van der Waals surface area contributed by atoms with E-state index in [1.807, 2.05) is 43.3 Å². The number of anilines is 3. The molecular weight excluding hydrogens is 469 g/mol. The molecule has 1 aliphatic rings. The van der Waals surface area contributed by atoms with Crippen molar-refractivity contribution in [3.05, 3.63) is 78.1 Å². The molecule has 1 aromatic heterocycles. The Hall–Kier alpha value is -2.85. The third-order valence-electron chi connectivity index (χ3n) is 5.27. The summed E-state index contributed by atoms with van der Waals surface area (Å²) in [5, 5.41) is 3.44. The highest BCUT2D eigenvalue weighted by molar-refractivity contribution is 8.00. The molecule has 0 bridgehead atoms. The molecule has 3 aromatic carbocycles. The van der Waals surface area contributed by atoms with Gasteiger partial charge in [0.1, 0.15) is 5.82 Å². The number of rotatable bonds is 7. The maximum Gasteiger partial charge on any atom is 0.180 e. The Bertz CT molecular complexity index is 1300. The lowest BCUT2D eigenvalue weighted by molar-refractivity contribution is 0.0773. The van der Waals surface area contributed by atoms with E-state index in [9.17, 15) is 4.39 Å². The van der Waals surface area contributed by atoms with Gasteiger partial charge >= 0.3 is 0 Å². The molecule has 0 unspecified atom stereocenters. The molecular formula is C25H24FN5OS2. The molecule has 0 atom stereocenters. The average molecular weight is 494 g/mol. The van der Waals surface area contributed by atoms with Crippen molar-refractivity contribution in [2.45, 2.75) is 16.7 Å². The van der Waals surface area contributed by atoms with Crippen LogP contribution in [0.1, 0.15) is 5.56 Å². The van der Waals surface area contributed by atoms with Gasteiger partial charge in [0.05, 0.1) is 24.2 Å². The Labute approximate surface area is 206 Å². The van der Waals surface area contributed by atoms with Crippen LogP contribution >= 0.6 is 23.9 Å². The summed E-state index contributed by atoms with van der Waals surface area (Å²) in [6.07, 6.45) is 0. The van der Waals surface area contributed by atoms with Crippen LogP contribution in [0, 0.1) is 12.7 Å². The van der Waals surface area contributed by atoms with Crippen LogP contribution in [0.2, 0.25) is 0 Å². The molecule has 0 radical (unpaired) electrons. The first-order valence-corrected chi connectivity index (χ1v) is 12.6. The topological polar surface area (TPSA) is 62.3 Å². The number of hydrogen-bond acceptors (Lipinski definition) is 8. The van der Waals surface area contributed by atoms with E-state index in [4.69, 9.17) is 14.7 Å². The smallest absolute Gasteiger partial charge is 0.180 e. The van der Waals surface area contributed by atoms with E-state index in [0.717, 1.165) is 58.4 Å². The first-order chi connectivity index (χ1) is 16.6. The molecule has 0 spiro atoms. The predicted octanol–water partition coefficient (Wildman–Crippen LogP) is 6.28. The molecule has 2 heterocycles. The molecule has 174 valence electrons. The summed E-state index contributed by atoms with van der Waals surface area (Å²) in [5.41, 5.74) is 3.38. The lowest BCUT2D eigenvalue weighted by Crippen LogP contribution is -2.30. The minimum atomic E-state index is -0.246. The van der Waals surface area contributed by atoms with Crippen molar-refractivity contribution >= 4 is 52.3 Å². The van der Waals surface area contributed by atoms with Gasteiger partial charge in [0.2, 0.25) is 0 Å². The number of nitrogens with zero attached hydrogens (tertiary/aromatic N) is 3. The van der Waals surface area contributed by atoms with Crippen LogP contribution in [0.4, 0.5) is 21.7 Å². The van der Waals surface area contributed by atoms with Crippen LogP contribution in [0.25, 0.3) is 11.0 Å². The lowest BCUT2D eigenvalue weighted by atomic mass is 10.2. The molecule has 0 aliphatic carbocycles. The van der Waals surface area contributed by atoms with Gasteiger partial charge < -0.3 is 14.8 Å². The predicted molar refractivity (Wildman–Crippen MR) is 138 cm³/mol. The average Bonchev–Trinajstić information content (AvgIpc) is 2.84. The monoisotopic (exact) mass is 493 g/mol. The summed E-state index contributed by atoms with van der Waals surface area (Å²) < 4.78 is 24.6. The number of morpholine rings is 1. The van der Waals surface area contributed by atoms with E-state index in [1.54, 1.807) is 18.0 Å². The number of nitrogens with one attached hydrogen (secondary N) is 2. The van der Waals surface area contributed by atoms with E-state index >= 15 is 0 Å². The van der Waals surface area contributed by atoms with Crippen molar-refractivity contribution < 1.29 is 9.13 Å². The second-order valence-corrected chi connectivity index (χ2v) is 9.83. The molecule has 2 N–H and O–H groups in total. The molecule has 4 aromatic rings. The second kappa shape index (κ2) is 10.6. The van der Waals surface area contributed by atoms with Crippen LogP contribution in [0.3, 0.4) is 0 Å². The van der Waals surface area contributed by atoms with E-state index < -0.39 is 0 Å². The van der Waals surface area contributed by atoms with Crippen LogP contribution in [0.15, 0.2) is 76.5 Å². The molecule has 6 nitrogen and oxygen atoms in total. The van der Waals surface area contributed by atoms with Gasteiger partial charge in [-0.05, 0) is 84.9 Å². The molecule has 34 heavy (non-hydrogen) atoms. The third-order valence-corrected chi connectivity index (χ3v) is 7.33. The summed E-state index contributed by atoms with van der Waals surface area (Å²) in [5.74, 6) is 0.989. The number of aryl methyl sites for hydroxylation is 1. The maximum atomic E-state index is 13.5. The van der Waals surface area contributed by atoms with Crippen LogP contribution < -0.4 is 10.0 Å². The summed E-state index contributed by atoms with van der Waals surface area (Å²) in [6, 6.07) is 20.8. The fourth-order valence-electron chi connectivity index (χ4n) is 3.54. The maximum absolute atomic E-state index is 13.5. The lowest BCUT2D eigenvalue weighted by Gasteiger charge is -2.25. The number of ether oxygens (including phenoxy) is 1. The first kappa shape index (κ1) is 22.9. The van der Waals surface area contributed by atoms with Crippen molar-refractivity contribution in [2.75, 3.05) is 36.3 Å². The van der Waals surface area contributed by atoms with Crippen LogP contribution in [0.5, 0.6) is 0 Å². The van der Waals surface area contributed by atoms with E-state index in [1.165, 1.54) is 24.1 Å². The van der Waals surface area contributed by atoms with Gasteiger partial charge in [0.15, 0.2) is 11.6 Å². The summed E-state index contributed by atoms with van der Waals surface area (Å²) in [4.78, 5) is 11.7. The van der Waals surface area contributed by atoms with Gasteiger partial charge in [0.25, 0.3) is 0 Å². The van der Waals surface area contributed by atoms with Gasteiger partial charge in [0, 0.05) is 28.6 Å². The van der Waals surface area contributed by atoms with Crippen LogP contribution in [-0.2, 0) is 4.74 Å². The van der Waals surface area contributed by atoms with Gasteiger partial charge in [-0.25, -0.2) is 18.7 Å². The SMILES string of the molecule is Cc1cc(F)ccc1SNc1nc2ccccc2nc1Nc1cccc(SN2CCOCC2)c1. The number of aromatic nitrogens is 2. The highest BCUT2D eigenvalue weighted by Crippen LogP contribution is 2.32. The first-order valence-electron chi connectivity index (χ1n) is 11.0. The van der Waals surface area contributed by atoms with E-state index in [2.05, 4.69) is 26.5 Å². The zero-order chi connectivity index (χ0) is 23.3. The van der Waals surface area contributed by atoms with E-state index in [0.29, 0.717) is 11.6 Å². The zero-order valence-corrected chi connectivity index (χ0v) is 20.3. The molecule has 0 saturated carbocycles. The van der Waals surface area contributed by atoms with Gasteiger partial charge in [-0.2, -0.15) is 0 Å². The molecule has 1 aliphatic heterocycles. The zero-order valence-electron chi connectivity index (χ0n) is 18.6. The van der Waals surface area contributed by atoms with Crippen molar-refractivity contribution in [1.29, 1.82) is 0 Å². The summed E-state index contributed by atoms with van der Waals surface area (Å²) in [6.45, 7) is 5.23. The normalized spacial score (nSPS) is 14.3. The number of halogens is 1. The fourth-order valence-corrected chi connectivity index (χ4v) is 5.20. The molecule has 9 heteroatoms.